The molecule has 1 amide bonds. The van der Waals surface area contributed by atoms with E-state index in [1.54, 1.807) is 13.2 Å². The Labute approximate surface area is 122 Å². The maximum atomic E-state index is 11.9. The van der Waals surface area contributed by atoms with Crippen LogP contribution in [-0.2, 0) is 4.79 Å². The standard InChI is InChI=1S/C17H25NO2/c1-6-9-18-17(19)11-15(12(2)3)14-7-8-16(20-5)13(4)10-14/h6-8,10,12,15H,1,9,11H2,2-5H3,(H,18,19). The monoisotopic (exact) mass is 275 g/mol. The predicted molar refractivity (Wildman–Crippen MR) is 83.1 cm³/mol. The fraction of sp³-hybridized carbons (Fsp3) is 0.471. The first-order valence-corrected chi connectivity index (χ1v) is 7.01. The topological polar surface area (TPSA) is 38.3 Å². The van der Waals surface area contributed by atoms with Crippen LogP contribution in [0.3, 0.4) is 0 Å². The molecule has 1 unspecified atom stereocenters. The molecule has 0 saturated carbocycles. The highest BCUT2D eigenvalue weighted by molar-refractivity contribution is 5.77. The van der Waals surface area contributed by atoms with E-state index in [0.717, 1.165) is 11.3 Å². The summed E-state index contributed by atoms with van der Waals surface area (Å²) in [7, 11) is 1.67. The van der Waals surface area contributed by atoms with Crippen LogP contribution < -0.4 is 10.1 Å². The number of aryl methyl sites for hydroxylation is 1. The Kier molecular flexibility index (Phi) is 6.29. The first-order valence-electron chi connectivity index (χ1n) is 7.01. The van der Waals surface area contributed by atoms with Crippen LogP contribution in [0.5, 0.6) is 5.75 Å². The van der Waals surface area contributed by atoms with Crippen LogP contribution in [0.2, 0.25) is 0 Å². The fourth-order valence-electron chi connectivity index (χ4n) is 2.33. The molecule has 0 aromatic heterocycles. The number of rotatable bonds is 7. The second kappa shape index (κ2) is 7.73. The highest BCUT2D eigenvalue weighted by atomic mass is 16.5. The maximum absolute atomic E-state index is 11.9. The summed E-state index contributed by atoms with van der Waals surface area (Å²) >= 11 is 0. The summed E-state index contributed by atoms with van der Waals surface area (Å²) in [5, 5.41) is 2.84. The van der Waals surface area contributed by atoms with Crippen molar-refractivity contribution in [1.82, 2.24) is 5.32 Å². The second-order valence-corrected chi connectivity index (χ2v) is 5.38. The van der Waals surface area contributed by atoms with E-state index in [0.29, 0.717) is 18.9 Å². The third-order valence-electron chi connectivity index (χ3n) is 3.50. The van der Waals surface area contributed by atoms with E-state index in [2.05, 4.69) is 37.9 Å². The van der Waals surface area contributed by atoms with Crippen LogP contribution in [0, 0.1) is 12.8 Å². The van der Waals surface area contributed by atoms with Crippen LogP contribution in [0.4, 0.5) is 0 Å². The molecular formula is C17H25NO2. The van der Waals surface area contributed by atoms with E-state index in [9.17, 15) is 4.79 Å². The number of amides is 1. The highest BCUT2D eigenvalue weighted by Crippen LogP contribution is 2.31. The predicted octanol–water partition coefficient (Wildman–Crippen LogP) is 3.44. The van der Waals surface area contributed by atoms with Crippen LogP contribution in [0.15, 0.2) is 30.9 Å². The van der Waals surface area contributed by atoms with Gasteiger partial charge in [0.1, 0.15) is 5.75 Å². The minimum absolute atomic E-state index is 0.0667. The number of ether oxygens (including phenoxy) is 1. The summed E-state index contributed by atoms with van der Waals surface area (Å²) in [6.45, 7) is 10.4. The molecule has 3 heteroatoms. The Morgan fingerprint density at radius 1 is 1.45 bits per heavy atom. The van der Waals surface area contributed by atoms with Crippen molar-refractivity contribution in [3.8, 4) is 5.75 Å². The van der Waals surface area contributed by atoms with Gasteiger partial charge in [-0.15, -0.1) is 6.58 Å². The van der Waals surface area contributed by atoms with Gasteiger partial charge >= 0.3 is 0 Å². The molecular weight excluding hydrogens is 250 g/mol. The van der Waals surface area contributed by atoms with Gasteiger partial charge in [-0.25, -0.2) is 0 Å². The third-order valence-corrected chi connectivity index (χ3v) is 3.50. The number of methoxy groups -OCH3 is 1. The lowest BCUT2D eigenvalue weighted by Crippen LogP contribution is -2.26. The van der Waals surface area contributed by atoms with Gasteiger partial charge in [-0.2, -0.15) is 0 Å². The summed E-state index contributed by atoms with van der Waals surface area (Å²) in [6.07, 6.45) is 2.19. The number of hydrogen-bond acceptors (Lipinski definition) is 2. The molecule has 3 nitrogen and oxygen atoms in total. The summed E-state index contributed by atoms with van der Waals surface area (Å²) in [6, 6.07) is 6.14. The SMILES string of the molecule is C=CCNC(=O)CC(c1ccc(OC)c(C)c1)C(C)C. The molecule has 110 valence electrons. The molecule has 1 atom stereocenters. The molecule has 1 aromatic rings. The molecule has 0 radical (unpaired) electrons. The minimum Gasteiger partial charge on any atom is -0.496 e. The van der Waals surface area contributed by atoms with Gasteiger partial charge < -0.3 is 10.1 Å². The van der Waals surface area contributed by atoms with Crippen molar-refractivity contribution in [3.05, 3.63) is 42.0 Å². The lowest BCUT2D eigenvalue weighted by Gasteiger charge is -2.22. The average molecular weight is 275 g/mol. The molecule has 1 aromatic carbocycles. The van der Waals surface area contributed by atoms with Gasteiger partial charge in [-0.1, -0.05) is 32.1 Å². The number of hydrogen-bond donors (Lipinski definition) is 1. The fourth-order valence-corrected chi connectivity index (χ4v) is 2.33. The van der Waals surface area contributed by atoms with E-state index in [4.69, 9.17) is 4.74 Å². The van der Waals surface area contributed by atoms with Crippen molar-refractivity contribution in [3.63, 3.8) is 0 Å². The van der Waals surface area contributed by atoms with Crippen molar-refractivity contribution in [2.75, 3.05) is 13.7 Å². The molecule has 0 aliphatic carbocycles. The second-order valence-electron chi connectivity index (χ2n) is 5.38. The van der Waals surface area contributed by atoms with Crippen LogP contribution in [-0.4, -0.2) is 19.6 Å². The summed E-state index contributed by atoms with van der Waals surface area (Å²) in [5.74, 6) is 1.56. The number of carbonyl (C=O) groups is 1. The molecule has 20 heavy (non-hydrogen) atoms. The first-order chi connectivity index (χ1) is 9.49. The lowest BCUT2D eigenvalue weighted by molar-refractivity contribution is -0.121. The summed E-state index contributed by atoms with van der Waals surface area (Å²) in [5.41, 5.74) is 2.29. The number of benzene rings is 1. The summed E-state index contributed by atoms with van der Waals surface area (Å²) in [4.78, 5) is 11.9. The van der Waals surface area contributed by atoms with E-state index >= 15 is 0 Å². The maximum Gasteiger partial charge on any atom is 0.220 e. The van der Waals surface area contributed by atoms with Crippen LogP contribution in [0.1, 0.15) is 37.3 Å². The highest BCUT2D eigenvalue weighted by Gasteiger charge is 2.20. The Morgan fingerprint density at radius 3 is 2.65 bits per heavy atom. The molecule has 0 saturated heterocycles. The minimum atomic E-state index is 0.0667. The Hall–Kier alpha value is -1.77. The van der Waals surface area contributed by atoms with Gasteiger partial charge in [0.25, 0.3) is 0 Å². The van der Waals surface area contributed by atoms with Gasteiger partial charge in [-0.3, -0.25) is 4.79 Å². The molecule has 0 spiro atoms. The smallest absolute Gasteiger partial charge is 0.220 e. The Balaban J connectivity index is 2.88. The van der Waals surface area contributed by atoms with Gasteiger partial charge in [0.15, 0.2) is 0 Å². The van der Waals surface area contributed by atoms with Gasteiger partial charge in [0, 0.05) is 13.0 Å². The Bertz CT molecular complexity index is 466. The van der Waals surface area contributed by atoms with E-state index in [-0.39, 0.29) is 11.8 Å². The quantitative estimate of drug-likeness (QED) is 0.774. The zero-order valence-electron chi connectivity index (χ0n) is 12.9. The molecule has 1 rings (SSSR count). The number of nitrogens with one attached hydrogen (secondary N) is 1. The van der Waals surface area contributed by atoms with Gasteiger partial charge in [-0.05, 0) is 36.0 Å². The van der Waals surface area contributed by atoms with Crippen molar-refractivity contribution in [2.24, 2.45) is 5.92 Å². The van der Waals surface area contributed by atoms with Crippen LogP contribution in [0.25, 0.3) is 0 Å². The molecule has 0 fully saturated rings. The molecule has 0 aliphatic heterocycles. The molecule has 0 heterocycles. The van der Waals surface area contributed by atoms with E-state index in [1.807, 2.05) is 13.0 Å². The van der Waals surface area contributed by atoms with E-state index in [1.165, 1.54) is 5.56 Å². The normalized spacial score (nSPS) is 12.1. The van der Waals surface area contributed by atoms with Crippen LogP contribution >= 0.6 is 0 Å². The van der Waals surface area contributed by atoms with Crippen molar-refractivity contribution >= 4 is 5.91 Å². The molecule has 0 bridgehead atoms. The van der Waals surface area contributed by atoms with Crippen molar-refractivity contribution in [1.29, 1.82) is 0 Å². The lowest BCUT2D eigenvalue weighted by atomic mass is 9.85. The van der Waals surface area contributed by atoms with Crippen molar-refractivity contribution < 1.29 is 9.53 Å². The van der Waals surface area contributed by atoms with Gasteiger partial charge in [0.2, 0.25) is 5.91 Å². The zero-order valence-corrected chi connectivity index (χ0v) is 12.9. The summed E-state index contributed by atoms with van der Waals surface area (Å²) < 4.78 is 5.28. The largest absolute Gasteiger partial charge is 0.496 e. The number of carbonyl (C=O) groups excluding carboxylic acids is 1. The average Bonchev–Trinajstić information content (AvgIpc) is 2.42. The molecule has 0 aliphatic rings. The zero-order chi connectivity index (χ0) is 15.1. The van der Waals surface area contributed by atoms with E-state index < -0.39 is 0 Å². The van der Waals surface area contributed by atoms with Crippen molar-refractivity contribution in [2.45, 2.75) is 33.1 Å². The Morgan fingerprint density at radius 2 is 2.15 bits per heavy atom. The molecule has 1 N–H and O–H groups in total. The van der Waals surface area contributed by atoms with Gasteiger partial charge in [0.05, 0.1) is 7.11 Å². The third kappa shape index (κ3) is 4.41. The first kappa shape index (κ1) is 16.3.